The summed E-state index contributed by atoms with van der Waals surface area (Å²) in [6.07, 6.45) is 0. The highest BCUT2D eigenvalue weighted by molar-refractivity contribution is 5.58. The highest BCUT2D eigenvalue weighted by Crippen LogP contribution is 2.21. The van der Waals surface area contributed by atoms with E-state index in [1.807, 2.05) is 0 Å². The SMILES string of the molecule is COCCNc1c(C)cc(C)cc1C. The predicted octanol–water partition coefficient (Wildman–Crippen LogP) is 2.67. The number of benzene rings is 1. The van der Waals surface area contributed by atoms with Gasteiger partial charge in [0.15, 0.2) is 0 Å². The maximum Gasteiger partial charge on any atom is 0.0635 e. The van der Waals surface area contributed by atoms with Crippen molar-refractivity contribution in [2.75, 3.05) is 25.6 Å². The van der Waals surface area contributed by atoms with E-state index in [2.05, 4.69) is 38.2 Å². The van der Waals surface area contributed by atoms with Gasteiger partial charge < -0.3 is 10.1 Å². The Labute approximate surface area is 86.3 Å². The minimum absolute atomic E-state index is 0.743. The molecule has 0 fully saturated rings. The minimum atomic E-state index is 0.743. The topological polar surface area (TPSA) is 21.3 Å². The zero-order valence-electron chi connectivity index (χ0n) is 9.48. The third-order valence-electron chi connectivity index (χ3n) is 2.28. The third kappa shape index (κ3) is 2.74. The second-order valence-electron chi connectivity index (χ2n) is 3.69. The van der Waals surface area contributed by atoms with Crippen LogP contribution in [0.3, 0.4) is 0 Å². The molecule has 0 aliphatic heterocycles. The third-order valence-corrected chi connectivity index (χ3v) is 2.28. The summed E-state index contributed by atoms with van der Waals surface area (Å²) < 4.78 is 5.00. The Morgan fingerprint density at radius 1 is 1.14 bits per heavy atom. The van der Waals surface area contributed by atoms with Crippen LogP contribution >= 0.6 is 0 Å². The normalized spacial score (nSPS) is 10.3. The van der Waals surface area contributed by atoms with Crippen LogP contribution in [0.25, 0.3) is 0 Å². The highest BCUT2D eigenvalue weighted by Gasteiger charge is 2.02. The van der Waals surface area contributed by atoms with E-state index in [0.29, 0.717) is 0 Å². The summed E-state index contributed by atoms with van der Waals surface area (Å²) in [5.41, 5.74) is 5.17. The molecule has 0 aromatic heterocycles. The average molecular weight is 193 g/mol. The van der Waals surface area contributed by atoms with E-state index in [1.54, 1.807) is 7.11 Å². The van der Waals surface area contributed by atoms with Crippen molar-refractivity contribution in [3.63, 3.8) is 0 Å². The number of aryl methyl sites for hydroxylation is 3. The second-order valence-corrected chi connectivity index (χ2v) is 3.69. The predicted molar refractivity (Wildman–Crippen MR) is 61.0 cm³/mol. The van der Waals surface area contributed by atoms with E-state index >= 15 is 0 Å². The fraction of sp³-hybridized carbons (Fsp3) is 0.500. The number of ether oxygens (including phenoxy) is 1. The van der Waals surface area contributed by atoms with Crippen molar-refractivity contribution in [2.45, 2.75) is 20.8 Å². The lowest BCUT2D eigenvalue weighted by molar-refractivity contribution is 0.211. The van der Waals surface area contributed by atoms with Crippen LogP contribution in [0.5, 0.6) is 0 Å². The summed E-state index contributed by atoms with van der Waals surface area (Å²) >= 11 is 0. The van der Waals surface area contributed by atoms with Gasteiger partial charge in [-0.15, -0.1) is 0 Å². The van der Waals surface area contributed by atoms with Crippen molar-refractivity contribution in [3.05, 3.63) is 28.8 Å². The van der Waals surface area contributed by atoms with Crippen molar-refractivity contribution in [3.8, 4) is 0 Å². The van der Waals surface area contributed by atoms with Crippen molar-refractivity contribution in [1.82, 2.24) is 0 Å². The Kier molecular flexibility index (Phi) is 3.96. The fourth-order valence-corrected chi connectivity index (χ4v) is 1.74. The van der Waals surface area contributed by atoms with Gasteiger partial charge in [0.25, 0.3) is 0 Å². The Hall–Kier alpha value is -1.02. The van der Waals surface area contributed by atoms with Gasteiger partial charge in [0.2, 0.25) is 0 Å². The van der Waals surface area contributed by atoms with Crippen LogP contribution in [0.15, 0.2) is 12.1 Å². The molecule has 1 aromatic carbocycles. The van der Waals surface area contributed by atoms with Gasteiger partial charge in [0.05, 0.1) is 6.61 Å². The molecule has 0 aliphatic carbocycles. The molecule has 0 bridgehead atoms. The lowest BCUT2D eigenvalue weighted by Crippen LogP contribution is -2.09. The van der Waals surface area contributed by atoms with E-state index in [1.165, 1.54) is 22.4 Å². The van der Waals surface area contributed by atoms with Gasteiger partial charge in [-0.25, -0.2) is 0 Å². The van der Waals surface area contributed by atoms with Crippen molar-refractivity contribution in [1.29, 1.82) is 0 Å². The molecule has 0 aliphatic rings. The van der Waals surface area contributed by atoms with Gasteiger partial charge in [0, 0.05) is 19.3 Å². The summed E-state index contributed by atoms with van der Waals surface area (Å²) in [6, 6.07) is 4.39. The van der Waals surface area contributed by atoms with Gasteiger partial charge in [-0.2, -0.15) is 0 Å². The molecule has 2 nitrogen and oxygen atoms in total. The molecule has 0 radical (unpaired) electrons. The van der Waals surface area contributed by atoms with Crippen LogP contribution in [-0.4, -0.2) is 20.3 Å². The van der Waals surface area contributed by atoms with Crippen LogP contribution in [0.1, 0.15) is 16.7 Å². The second kappa shape index (κ2) is 5.01. The highest BCUT2D eigenvalue weighted by atomic mass is 16.5. The molecule has 0 amide bonds. The number of hydrogen-bond donors (Lipinski definition) is 1. The molecule has 1 aromatic rings. The molecule has 0 atom stereocenters. The Bertz CT molecular complexity index is 284. The van der Waals surface area contributed by atoms with Crippen LogP contribution in [-0.2, 0) is 4.74 Å². The molecule has 0 saturated carbocycles. The molecular formula is C12H19NO. The smallest absolute Gasteiger partial charge is 0.0635 e. The standard InChI is InChI=1S/C12H19NO/c1-9-7-10(2)12(11(3)8-9)13-5-6-14-4/h7-8,13H,5-6H2,1-4H3. The van der Waals surface area contributed by atoms with Gasteiger partial charge in [-0.05, 0) is 31.9 Å². The van der Waals surface area contributed by atoms with Gasteiger partial charge in [-0.3, -0.25) is 0 Å². The lowest BCUT2D eigenvalue weighted by Gasteiger charge is -2.13. The number of nitrogens with one attached hydrogen (secondary N) is 1. The Morgan fingerprint density at radius 2 is 1.71 bits per heavy atom. The lowest BCUT2D eigenvalue weighted by atomic mass is 10.1. The zero-order chi connectivity index (χ0) is 10.6. The molecule has 0 spiro atoms. The maximum atomic E-state index is 5.00. The number of rotatable bonds is 4. The van der Waals surface area contributed by atoms with E-state index in [9.17, 15) is 0 Å². The quantitative estimate of drug-likeness (QED) is 0.742. The minimum Gasteiger partial charge on any atom is -0.383 e. The molecule has 14 heavy (non-hydrogen) atoms. The molecule has 1 rings (SSSR count). The first-order chi connectivity index (χ1) is 6.65. The molecular weight excluding hydrogens is 174 g/mol. The van der Waals surface area contributed by atoms with Gasteiger partial charge in [0.1, 0.15) is 0 Å². The van der Waals surface area contributed by atoms with Crippen LogP contribution in [0.4, 0.5) is 5.69 Å². The van der Waals surface area contributed by atoms with Crippen molar-refractivity contribution >= 4 is 5.69 Å². The maximum absolute atomic E-state index is 5.00. The molecule has 0 unspecified atom stereocenters. The summed E-state index contributed by atoms with van der Waals surface area (Å²) in [5.74, 6) is 0. The first-order valence-electron chi connectivity index (χ1n) is 4.96. The van der Waals surface area contributed by atoms with Crippen LogP contribution in [0.2, 0.25) is 0 Å². The summed E-state index contributed by atoms with van der Waals surface area (Å²) in [6.45, 7) is 8.00. The van der Waals surface area contributed by atoms with E-state index in [4.69, 9.17) is 4.74 Å². The fourth-order valence-electron chi connectivity index (χ4n) is 1.74. The largest absolute Gasteiger partial charge is 0.383 e. The van der Waals surface area contributed by atoms with Gasteiger partial charge >= 0.3 is 0 Å². The Morgan fingerprint density at radius 3 is 2.21 bits per heavy atom. The van der Waals surface area contributed by atoms with Gasteiger partial charge in [-0.1, -0.05) is 17.7 Å². The molecule has 0 saturated heterocycles. The van der Waals surface area contributed by atoms with E-state index < -0.39 is 0 Å². The molecule has 78 valence electrons. The van der Waals surface area contributed by atoms with E-state index in [0.717, 1.165) is 13.2 Å². The average Bonchev–Trinajstić information content (AvgIpc) is 2.09. The number of anilines is 1. The van der Waals surface area contributed by atoms with Crippen LogP contribution < -0.4 is 5.32 Å². The zero-order valence-corrected chi connectivity index (χ0v) is 9.48. The first kappa shape index (κ1) is 11.1. The number of methoxy groups -OCH3 is 1. The Balaban J connectivity index is 2.75. The summed E-state index contributed by atoms with van der Waals surface area (Å²) in [7, 11) is 1.72. The monoisotopic (exact) mass is 193 g/mol. The number of hydrogen-bond acceptors (Lipinski definition) is 2. The van der Waals surface area contributed by atoms with Crippen molar-refractivity contribution < 1.29 is 4.74 Å². The van der Waals surface area contributed by atoms with Crippen LogP contribution in [0, 0.1) is 20.8 Å². The molecule has 0 heterocycles. The molecule has 2 heteroatoms. The summed E-state index contributed by atoms with van der Waals surface area (Å²) in [5, 5.41) is 3.38. The van der Waals surface area contributed by atoms with E-state index in [-0.39, 0.29) is 0 Å². The van der Waals surface area contributed by atoms with Crippen molar-refractivity contribution in [2.24, 2.45) is 0 Å². The first-order valence-corrected chi connectivity index (χ1v) is 4.96. The summed E-state index contributed by atoms with van der Waals surface area (Å²) in [4.78, 5) is 0. The molecule has 1 N–H and O–H groups in total.